The topological polar surface area (TPSA) is 59.1 Å². The van der Waals surface area contributed by atoms with E-state index in [1.807, 2.05) is 23.1 Å². The van der Waals surface area contributed by atoms with Gasteiger partial charge in [0.05, 0.1) is 6.61 Å². The number of carbonyl (C=O) groups is 1. The van der Waals surface area contributed by atoms with Crippen molar-refractivity contribution in [3.05, 3.63) is 29.8 Å². The van der Waals surface area contributed by atoms with Gasteiger partial charge < -0.3 is 15.3 Å². The molecule has 2 fully saturated rings. The van der Waals surface area contributed by atoms with Crippen molar-refractivity contribution in [2.45, 2.75) is 25.8 Å². The van der Waals surface area contributed by atoms with Crippen molar-refractivity contribution >= 4 is 11.7 Å². The maximum atomic E-state index is 12.6. The Labute approximate surface area is 150 Å². The molecule has 6 nitrogen and oxygen atoms in total. The van der Waals surface area contributed by atoms with Gasteiger partial charge >= 0.3 is 6.03 Å². The van der Waals surface area contributed by atoms with Gasteiger partial charge in [-0.3, -0.25) is 9.80 Å². The third kappa shape index (κ3) is 5.17. The second-order valence-corrected chi connectivity index (χ2v) is 6.98. The standard InChI is InChI=1S/C19H30N4O2/c24-15-14-21-10-12-23(13-11-21)19(25)20-18-7-3-2-6-17(18)16-22-8-4-1-5-9-22/h2-3,6-7,24H,1,4-5,8-16H2,(H,20,25). The summed E-state index contributed by atoms with van der Waals surface area (Å²) in [6, 6.07) is 8.12. The Morgan fingerprint density at radius 3 is 2.40 bits per heavy atom. The molecule has 2 aliphatic rings. The van der Waals surface area contributed by atoms with Crippen molar-refractivity contribution in [1.29, 1.82) is 0 Å². The third-order valence-corrected chi connectivity index (χ3v) is 5.18. The molecule has 0 bridgehead atoms. The number of nitrogens with one attached hydrogen (secondary N) is 1. The van der Waals surface area contributed by atoms with Gasteiger partial charge in [0.25, 0.3) is 0 Å². The quantitative estimate of drug-likeness (QED) is 0.854. The minimum absolute atomic E-state index is 0.0188. The van der Waals surface area contributed by atoms with Crippen molar-refractivity contribution in [3.63, 3.8) is 0 Å². The number of aliphatic hydroxyl groups is 1. The lowest BCUT2D eigenvalue weighted by atomic mass is 10.1. The van der Waals surface area contributed by atoms with Gasteiger partial charge in [-0.1, -0.05) is 24.6 Å². The Morgan fingerprint density at radius 2 is 1.68 bits per heavy atom. The molecular weight excluding hydrogens is 316 g/mol. The van der Waals surface area contributed by atoms with E-state index in [0.29, 0.717) is 19.6 Å². The largest absolute Gasteiger partial charge is 0.395 e. The molecule has 138 valence electrons. The Balaban J connectivity index is 1.56. The molecule has 0 aromatic heterocycles. The lowest BCUT2D eigenvalue weighted by molar-refractivity contribution is 0.127. The molecule has 3 rings (SSSR count). The number of likely N-dealkylation sites (tertiary alicyclic amines) is 1. The van der Waals surface area contributed by atoms with E-state index in [1.165, 1.54) is 24.8 Å². The number of nitrogens with zero attached hydrogens (tertiary/aromatic N) is 3. The fourth-order valence-electron chi connectivity index (χ4n) is 3.65. The molecule has 0 spiro atoms. The zero-order chi connectivity index (χ0) is 17.5. The van der Waals surface area contributed by atoms with Crippen LogP contribution in [0.1, 0.15) is 24.8 Å². The number of amides is 2. The second-order valence-electron chi connectivity index (χ2n) is 6.98. The number of para-hydroxylation sites is 1. The Kier molecular flexibility index (Phi) is 6.67. The van der Waals surface area contributed by atoms with Gasteiger partial charge in [-0.15, -0.1) is 0 Å². The Hall–Kier alpha value is -1.63. The maximum Gasteiger partial charge on any atom is 0.321 e. The average molecular weight is 346 g/mol. The summed E-state index contributed by atoms with van der Waals surface area (Å²) in [6.45, 7) is 7.13. The van der Waals surface area contributed by atoms with Crippen LogP contribution < -0.4 is 5.32 Å². The van der Waals surface area contributed by atoms with Crippen LogP contribution in [0.2, 0.25) is 0 Å². The smallest absolute Gasteiger partial charge is 0.321 e. The van der Waals surface area contributed by atoms with E-state index in [-0.39, 0.29) is 12.6 Å². The highest BCUT2D eigenvalue weighted by Gasteiger charge is 2.21. The molecule has 0 radical (unpaired) electrons. The SMILES string of the molecule is O=C(Nc1ccccc1CN1CCCCC1)N1CCN(CCO)CC1. The summed E-state index contributed by atoms with van der Waals surface area (Å²) in [6.07, 6.45) is 3.87. The van der Waals surface area contributed by atoms with Crippen molar-refractivity contribution in [3.8, 4) is 0 Å². The highest BCUT2D eigenvalue weighted by Crippen LogP contribution is 2.20. The van der Waals surface area contributed by atoms with Gasteiger partial charge in [-0.2, -0.15) is 0 Å². The summed E-state index contributed by atoms with van der Waals surface area (Å²) < 4.78 is 0. The summed E-state index contributed by atoms with van der Waals surface area (Å²) >= 11 is 0. The lowest BCUT2D eigenvalue weighted by Gasteiger charge is -2.34. The monoisotopic (exact) mass is 346 g/mol. The number of hydrogen-bond donors (Lipinski definition) is 2. The van der Waals surface area contributed by atoms with E-state index in [0.717, 1.165) is 38.4 Å². The van der Waals surface area contributed by atoms with Crippen LogP contribution in [-0.4, -0.2) is 78.3 Å². The number of β-amino-alcohol motifs (C(OH)–C–C–N with tert-alkyl or cyclic N) is 1. The number of rotatable bonds is 5. The normalized spacial score (nSPS) is 19.8. The van der Waals surface area contributed by atoms with Crippen LogP contribution in [0.4, 0.5) is 10.5 Å². The van der Waals surface area contributed by atoms with Gasteiger partial charge in [-0.25, -0.2) is 4.79 Å². The van der Waals surface area contributed by atoms with Gasteiger partial charge in [0.1, 0.15) is 0 Å². The van der Waals surface area contributed by atoms with E-state index < -0.39 is 0 Å². The molecule has 1 aromatic rings. The minimum atomic E-state index is -0.0188. The summed E-state index contributed by atoms with van der Waals surface area (Å²) in [5.74, 6) is 0. The molecule has 0 unspecified atom stereocenters. The van der Waals surface area contributed by atoms with Crippen LogP contribution in [0.3, 0.4) is 0 Å². The van der Waals surface area contributed by atoms with Gasteiger partial charge in [0, 0.05) is 45.0 Å². The molecule has 0 atom stereocenters. The van der Waals surface area contributed by atoms with Crippen LogP contribution in [0.15, 0.2) is 24.3 Å². The molecule has 2 N–H and O–H groups in total. The second kappa shape index (κ2) is 9.17. The highest BCUT2D eigenvalue weighted by atomic mass is 16.3. The number of benzene rings is 1. The first-order valence-electron chi connectivity index (χ1n) is 9.45. The first-order valence-corrected chi connectivity index (χ1v) is 9.45. The first-order chi connectivity index (χ1) is 12.3. The summed E-state index contributed by atoms with van der Waals surface area (Å²) in [5.41, 5.74) is 2.12. The molecule has 0 saturated carbocycles. The maximum absolute atomic E-state index is 12.6. The molecule has 2 aliphatic heterocycles. The average Bonchev–Trinajstić information content (AvgIpc) is 2.65. The minimum Gasteiger partial charge on any atom is -0.395 e. The number of anilines is 1. The Bertz CT molecular complexity index is 552. The van der Waals surface area contributed by atoms with Gasteiger partial charge in [0.15, 0.2) is 0 Å². The van der Waals surface area contributed by atoms with Crippen molar-refractivity contribution < 1.29 is 9.90 Å². The van der Waals surface area contributed by atoms with Crippen LogP contribution >= 0.6 is 0 Å². The first kappa shape index (κ1) is 18.2. The third-order valence-electron chi connectivity index (χ3n) is 5.18. The number of piperazine rings is 1. The fourth-order valence-corrected chi connectivity index (χ4v) is 3.65. The number of piperidine rings is 1. The van der Waals surface area contributed by atoms with Gasteiger partial charge in [-0.05, 0) is 37.6 Å². The van der Waals surface area contributed by atoms with Crippen molar-refractivity contribution in [2.75, 3.05) is 57.7 Å². The Morgan fingerprint density at radius 1 is 0.960 bits per heavy atom. The molecule has 2 saturated heterocycles. The van der Waals surface area contributed by atoms with E-state index >= 15 is 0 Å². The number of aliphatic hydroxyl groups excluding tert-OH is 1. The summed E-state index contributed by atoms with van der Waals surface area (Å²) in [7, 11) is 0. The predicted molar refractivity (Wildman–Crippen MR) is 99.7 cm³/mol. The lowest BCUT2D eigenvalue weighted by Crippen LogP contribution is -2.50. The van der Waals surface area contributed by atoms with Crippen LogP contribution in [-0.2, 0) is 6.54 Å². The van der Waals surface area contributed by atoms with E-state index in [9.17, 15) is 4.79 Å². The van der Waals surface area contributed by atoms with E-state index in [4.69, 9.17) is 5.11 Å². The van der Waals surface area contributed by atoms with Crippen LogP contribution in [0.5, 0.6) is 0 Å². The molecule has 2 heterocycles. The number of urea groups is 1. The van der Waals surface area contributed by atoms with E-state index in [1.54, 1.807) is 0 Å². The zero-order valence-electron chi connectivity index (χ0n) is 15.0. The molecule has 25 heavy (non-hydrogen) atoms. The van der Waals surface area contributed by atoms with Crippen molar-refractivity contribution in [2.24, 2.45) is 0 Å². The fraction of sp³-hybridized carbons (Fsp3) is 0.632. The zero-order valence-corrected chi connectivity index (χ0v) is 15.0. The summed E-state index contributed by atoms with van der Waals surface area (Å²) in [5, 5.41) is 12.1. The molecule has 0 aliphatic carbocycles. The number of hydrogen-bond acceptors (Lipinski definition) is 4. The molecule has 1 aromatic carbocycles. The van der Waals surface area contributed by atoms with Gasteiger partial charge in [0.2, 0.25) is 0 Å². The molecular formula is C19H30N4O2. The molecule has 6 heteroatoms. The van der Waals surface area contributed by atoms with Crippen LogP contribution in [0.25, 0.3) is 0 Å². The van der Waals surface area contributed by atoms with Crippen LogP contribution in [0, 0.1) is 0 Å². The van der Waals surface area contributed by atoms with E-state index in [2.05, 4.69) is 21.2 Å². The highest BCUT2D eigenvalue weighted by molar-refractivity contribution is 5.90. The van der Waals surface area contributed by atoms with Crippen molar-refractivity contribution in [1.82, 2.24) is 14.7 Å². The number of carbonyl (C=O) groups excluding carboxylic acids is 1. The predicted octanol–water partition coefficient (Wildman–Crippen LogP) is 1.81. The summed E-state index contributed by atoms with van der Waals surface area (Å²) in [4.78, 5) is 19.1. The molecule has 2 amide bonds.